The molecule has 0 unspecified atom stereocenters. The predicted molar refractivity (Wildman–Crippen MR) is 101 cm³/mol. The fraction of sp³-hybridized carbons (Fsp3) is 0.579. The van der Waals surface area contributed by atoms with E-state index >= 15 is 0 Å². The van der Waals surface area contributed by atoms with Gasteiger partial charge in [-0.3, -0.25) is 9.59 Å². The molecule has 1 aliphatic heterocycles. The molecule has 2 amide bonds. The van der Waals surface area contributed by atoms with Crippen LogP contribution in [-0.4, -0.2) is 24.1 Å². The summed E-state index contributed by atoms with van der Waals surface area (Å²) in [5.41, 5.74) is 1.37. The maximum Gasteiger partial charge on any atom is 0.251 e. The topological polar surface area (TPSA) is 58.2 Å². The van der Waals surface area contributed by atoms with Gasteiger partial charge in [-0.2, -0.15) is 0 Å². The number of benzene rings is 1. The molecular weight excluding hydrogens is 320 g/mol. The first-order chi connectivity index (χ1) is 11.7. The first-order valence-corrected chi connectivity index (χ1v) is 10.0. The lowest BCUT2D eigenvalue weighted by Gasteiger charge is -2.09. The Morgan fingerprint density at radius 3 is 2.71 bits per heavy atom. The van der Waals surface area contributed by atoms with Gasteiger partial charge >= 0.3 is 0 Å². The summed E-state index contributed by atoms with van der Waals surface area (Å²) < 4.78 is 0. The minimum absolute atomic E-state index is 0.0156. The third-order valence-electron chi connectivity index (χ3n) is 4.17. The molecule has 4 nitrogen and oxygen atoms in total. The summed E-state index contributed by atoms with van der Waals surface area (Å²) in [6, 6.07) is 5.54. The van der Waals surface area contributed by atoms with E-state index in [1.807, 2.05) is 12.1 Å². The lowest BCUT2D eigenvalue weighted by Crippen LogP contribution is -2.24. The molecule has 0 spiro atoms. The maximum atomic E-state index is 12.2. The van der Waals surface area contributed by atoms with Crippen molar-refractivity contribution in [1.29, 1.82) is 0 Å². The first-order valence-electron chi connectivity index (χ1n) is 9.05. The maximum absolute atomic E-state index is 12.2. The average molecular weight is 349 g/mol. The molecule has 0 radical (unpaired) electrons. The Bertz CT molecular complexity index is 560. The van der Waals surface area contributed by atoms with Gasteiger partial charge in [0.25, 0.3) is 5.91 Å². The fourth-order valence-electron chi connectivity index (χ4n) is 2.75. The van der Waals surface area contributed by atoms with Crippen molar-refractivity contribution < 1.29 is 9.59 Å². The lowest BCUT2D eigenvalue weighted by molar-refractivity contribution is -0.115. The normalized spacial score (nSPS) is 13.8. The summed E-state index contributed by atoms with van der Waals surface area (Å²) in [7, 11) is 0. The number of carbonyl (C=O) groups is 2. The van der Waals surface area contributed by atoms with Crippen LogP contribution in [0.1, 0.15) is 68.6 Å². The molecule has 2 rings (SSSR count). The summed E-state index contributed by atoms with van der Waals surface area (Å²) in [5, 5.41) is 5.85. The Morgan fingerprint density at radius 2 is 1.92 bits per heavy atom. The second-order valence-corrected chi connectivity index (χ2v) is 7.37. The molecule has 5 heteroatoms. The summed E-state index contributed by atoms with van der Waals surface area (Å²) in [6.07, 6.45) is 9.17. The van der Waals surface area contributed by atoms with Crippen LogP contribution in [0, 0.1) is 0 Å². The molecule has 0 bridgehead atoms. The number of fused-ring (bicyclic) bond motifs is 1. The smallest absolute Gasteiger partial charge is 0.251 e. The van der Waals surface area contributed by atoms with Gasteiger partial charge in [0.1, 0.15) is 0 Å². The van der Waals surface area contributed by atoms with Crippen LogP contribution in [0.25, 0.3) is 0 Å². The van der Waals surface area contributed by atoms with Crippen LogP contribution in [0.2, 0.25) is 0 Å². The van der Waals surface area contributed by atoms with E-state index < -0.39 is 0 Å². The lowest BCUT2D eigenvalue weighted by atomic mass is 10.1. The minimum Gasteiger partial charge on any atom is -0.352 e. The molecule has 0 aliphatic carbocycles. The molecule has 132 valence electrons. The quantitative estimate of drug-likeness (QED) is 0.641. The Balaban J connectivity index is 1.74. The van der Waals surface area contributed by atoms with Crippen LogP contribution in [0.15, 0.2) is 23.1 Å². The second kappa shape index (κ2) is 10.4. The van der Waals surface area contributed by atoms with E-state index in [0.29, 0.717) is 18.5 Å². The predicted octanol–water partition coefficient (Wildman–Crippen LogP) is 4.60. The Labute approximate surface area is 149 Å². The average Bonchev–Trinajstić information content (AvgIpc) is 2.76. The molecule has 1 aromatic carbocycles. The van der Waals surface area contributed by atoms with Crippen molar-refractivity contribution >= 4 is 29.3 Å². The van der Waals surface area contributed by atoms with Crippen molar-refractivity contribution in [2.45, 2.75) is 63.2 Å². The van der Waals surface area contributed by atoms with E-state index in [9.17, 15) is 9.59 Å². The minimum atomic E-state index is -0.0627. The molecule has 2 N–H and O–H groups in total. The molecule has 0 atom stereocenters. The molecule has 0 fully saturated rings. The number of rotatable bonds is 9. The van der Waals surface area contributed by atoms with Crippen LogP contribution in [0.3, 0.4) is 0 Å². The molecule has 24 heavy (non-hydrogen) atoms. The van der Waals surface area contributed by atoms with Crippen LogP contribution < -0.4 is 10.6 Å². The number of carbonyl (C=O) groups excluding carboxylic acids is 2. The Kier molecular flexibility index (Phi) is 8.16. The summed E-state index contributed by atoms with van der Waals surface area (Å²) >= 11 is 1.65. The number of unbranched alkanes of at least 4 members (excludes halogenated alkanes) is 6. The van der Waals surface area contributed by atoms with Crippen molar-refractivity contribution in [3.05, 3.63) is 23.8 Å². The standard InChI is InChI=1S/C19H28N2O2S/c1-2-3-4-5-6-7-8-12-20-19(23)15-9-10-17-16(14-15)21-18(22)11-13-24-17/h9-10,14H,2-8,11-13H2,1H3,(H,20,23)(H,21,22). The van der Waals surface area contributed by atoms with Crippen LogP contribution >= 0.6 is 11.8 Å². The molecule has 0 saturated carbocycles. The van der Waals surface area contributed by atoms with Crippen molar-refractivity contribution in [2.24, 2.45) is 0 Å². The van der Waals surface area contributed by atoms with Crippen molar-refractivity contribution in [3.8, 4) is 0 Å². The number of anilines is 1. The number of hydrogen-bond acceptors (Lipinski definition) is 3. The molecule has 1 heterocycles. The van der Waals surface area contributed by atoms with Crippen molar-refractivity contribution in [3.63, 3.8) is 0 Å². The van der Waals surface area contributed by atoms with E-state index in [1.54, 1.807) is 17.8 Å². The van der Waals surface area contributed by atoms with Crippen LogP contribution in [-0.2, 0) is 4.79 Å². The van der Waals surface area contributed by atoms with E-state index in [0.717, 1.165) is 22.8 Å². The van der Waals surface area contributed by atoms with E-state index in [2.05, 4.69) is 17.6 Å². The van der Waals surface area contributed by atoms with Crippen molar-refractivity contribution in [2.75, 3.05) is 17.6 Å². The SMILES string of the molecule is CCCCCCCCCNC(=O)c1ccc2c(c1)NC(=O)CCS2. The van der Waals surface area contributed by atoms with Gasteiger partial charge in [-0.05, 0) is 24.6 Å². The zero-order valence-corrected chi connectivity index (χ0v) is 15.3. The van der Waals surface area contributed by atoms with Gasteiger partial charge in [0.2, 0.25) is 5.91 Å². The largest absolute Gasteiger partial charge is 0.352 e. The van der Waals surface area contributed by atoms with Gasteiger partial charge in [-0.1, -0.05) is 45.4 Å². The van der Waals surface area contributed by atoms with Gasteiger partial charge in [0, 0.05) is 29.2 Å². The molecular formula is C19H28N2O2S. The van der Waals surface area contributed by atoms with Gasteiger partial charge in [0.15, 0.2) is 0 Å². The van der Waals surface area contributed by atoms with Crippen LogP contribution in [0.4, 0.5) is 5.69 Å². The number of hydrogen-bond donors (Lipinski definition) is 2. The third kappa shape index (κ3) is 6.19. The number of amides is 2. The zero-order chi connectivity index (χ0) is 17.2. The van der Waals surface area contributed by atoms with E-state index in [4.69, 9.17) is 0 Å². The van der Waals surface area contributed by atoms with E-state index in [1.165, 1.54) is 38.5 Å². The van der Waals surface area contributed by atoms with Crippen molar-refractivity contribution in [1.82, 2.24) is 5.32 Å². The highest BCUT2D eigenvalue weighted by Gasteiger charge is 2.15. The highest BCUT2D eigenvalue weighted by Crippen LogP contribution is 2.31. The highest BCUT2D eigenvalue weighted by atomic mass is 32.2. The fourth-order valence-corrected chi connectivity index (χ4v) is 3.68. The number of nitrogens with one attached hydrogen (secondary N) is 2. The monoisotopic (exact) mass is 348 g/mol. The third-order valence-corrected chi connectivity index (χ3v) is 5.24. The number of thioether (sulfide) groups is 1. The summed E-state index contributed by atoms with van der Waals surface area (Å²) in [5.74, 6) is 0.733. The first kappa shape index (κ1) is 18.8. The molecule has 0 aromatic heterocycles. The molecule has 1 aliphatic rings. The Morgan fingerprint density at radius 1 is 1.17 bits per heavy atom. The summed E-state index contributed by atoms with van der Waals surface area (Å²) in [4.78, 5) is 24.9. The van der Waals surface area contributed by atoms with Gasteiger partial charge in [0.05, 0.1) is 5.69 Å². The summed E-state index contributed by atoms with van der Waals surface area (Å²) in [6.45, 7) is 2.94. The zero-order valence-electron chi connectivity index (χ0n) is 14.5. The Hall–Kier alpha value is -1.49. The second-order valence-electron chi connectivity index (χ2n) is 6.23. The van der Waals surface area contributed by atoms with Crippen LogP contribution in [0.5, 0.6) is 0 Å². The van der Waals surface area contributed by atoms with E-state index in [-0.39, 0.29) is 11.8 Å². The highest BCUT2D eigenvalue weighted by molar-refractivity contribution is 7.99. The van der Waals surface area contributed by atoms with Gasteiger partial charge in [-0.25, -0.2) is 0 Å². The van der Waals surface area contributed by atoms with Gasteiger partial charge in [-0.15, -0.1) is 11.8 Å². The van der Waals surface area contributed by atoms with Gasteiger partial charge < -0.3 is 10.6 Å². The molecule has 0 saturated heterocycles. The molecule has 1 aromatic rings.